The number of ether oxygens (including phenoxy) is 1. The zero-order chi connectivity index (χ0) is 21.2. The van der Waals surface area contributed by atoms with Crippen LogP contribution in [0.2, 0.25) is 5.02 Å². The summed E-state index contributed by atoms with van der Waals surface area (Å²) in [5.74, 6) is -2.15. The second-order valence-corrected chi connectivity index (χ2v) is 9.75. The van der Waals surface area contributed by atoms with Crippen LogP contribution >= 0.6 is 11.6 Å². The first-order chi connectivity index (χ1) is 13.7. The third kappa shape index (κ3) is 4.29. The first kappa shape index (κ1) is 21.7. The third-order valence-corrected chi connectivity index (χ3v) is 8.06. The summed E-state index contributed by atoms with van der Waals surface area (Å²) in [6, 6.07) is 8.39. The lowest BCUT2D eigenvalue weighted by atomic mass is 9.81. The maximum Gasteiger partial charge on any atom is 0.243 e. The molecule has 0 radical (unpaired) electrons. The van der Waals surface area contributed by atoms with E-state index in [1.807, 2.05) is 0 Å². The van der Waals surface area contributed by atoms with Crippen LogP contribution in [0.5, 0.6) is 0 Å². The molecule has 156 valence electrons. The number of carbonyl (C=O) groups is 1. The van der Waals surface area contributed by atoms with Gasteiger partial charge in [-0.3, -0.25) is 4.79 Å². The lowest BCUT2D eigenvalue weighted by Gasteiger charge is -2.40. The van der Waals surface area contributed by atoms with E-state index in [9.17, 15) is 22.0 Å². The lowest BCUT2D eigenvalue weighted by Crippen LogP contribution is -2.42. The Labute approximate surface area is 172 Å². The molecule has 3 rings (SSSR count). The van der Waals surface area contributed by atoms with Crippen LogP contribution in [0.25, 0.3) is 0 Å². The van der Waals surface area contributed by atoms with Crippen LogP contribution in [0.4, 0.5) is 8.78 Å². The van der Waals surface area contributed by atoms with Gasteiger partial charge in [0.15, 0.2) is 9.84 Å². The second-order valence-electron chi connectivity index (χ2n) is 7.05. The maximum absolute atomic E-state index is 14.7. The zero-order valence-corrected chi connectivity index (χ0v) is 17.0. The first-order valence-corrected chi connectivity index (χ1v) is 10.9. The molecule has 0 atom stereocenters. The fourth-order valence-electron chi connectivity index (χ4n) is 3.79. The van der Waals surface area contributed by atoms with Gasteiger partial charge in [-0.1, -0.05) is 11.6 Å². The largest absolute Gasteiger partial charge is 0.368 e. The molecule has 1 amide bonds. The molecule has 0 aromatic heterocycles. The van der Waals surface area contributed by atoms with E-state index >= 15 is 0 Å². The average Bonchev–Trinajstić information content (AvgIpc) is 2.69. The molecule has 29 heavy (non-hydrogen) atoms. The second kappa shape index (κ2) is 8.38. The maximum atomic E-state index is 14.7. The Morgan fingerprint density at radius 3 is 2.34 bits per heavy atom. The van der Waals surface area contributed by atoms with Gasteiger partial charge in [0.25, 0.3) is 0 Å². The molecule has 0 bridgehead atoms. The van der Waals surface area contributed by atoms with Gasteiger partial charge in [-0.15, -0.1) is 0 Å². The molecule has 0 spiro atoms. The van der Waals surface area contributed by atoms with Crippen molar-refractivity contribution in [3.63, 3.8) is 0 Å². The molecule has 2 aromatic carbocycles. The summed E-state index contributed by atoms with van der Waals surface area (Å²) in [7, 11) is -4.10. The number of hydrogen-bond acceptors (Lipinski definition) is 4. The minimum Gasteiger partial charge on any atom is -0.368 e. The molecule has 0 saturated heterocycles. The summed E-state index contributed by atoms with van der Waals surface area (Å²) in [5.41, 5.74) is 4.88. The monoisotopic (exact) mass is 443 g/mol. The summed E-state index contributed by atoms with van der Waals surface area (Å²) in [4.78, 5) is 10.9. The molecule has 1 saturated carbocycles. The van der Waals surface area contributed by atoms with Gasteiger partial charge in [0.05, 0.1) is 11.0 Å². The number of carbonyl (C=O) groups excluding carboxylic acids is 1. The molecular formula is C20H20ClF2NO4S. The molecule has 0 aliphatic heterocycles. The zero-order valence-electron chi connectivity index (χ0n) is 15.4. The highest BCUT2D eigenvalue weighted by Crippen LogP contribution is 2.48. The van der Waals surface area contributed by atoms with Crippen molar-refractivity contribution in [3.05, 3.63) is 64.7 Å². The number of benzene rings is 2. The van der Waals surface area contributed by atoms with E-state index in [2.05, 4.69) is 0 Å². The molecular weight excluding hydrogens is 424 g/mol. The Morgan fingerprint density at radius 2 is 1.76 bits per heavy atom. The van der Waals surface area contributed by atoms with Crippen LogP contribution in [-0.2, 0) is 24.1 Å². The van der Waals surface area contributed by atoms with Crippen LogP contribution in [0, 0.1) is 11.6 Å². The normalized spacial score (nSPS) is 22.4. The molecule has 5 nitrogen and oxygen atoms in total. The van der Waals surface area contributed by atoms with Gasteiger partial charge >= 0.3 is 0 Å². The average molecular weight is 444 g/mol. The molecule has 9 heteroatoms. The van der Waals surface area contributed by atoms with Crippen LogP contribution in [0.3, 0.4) is 0 Å². The number of hydrogen-bond donors (Lipinski definition) is 1. The smallest absolute Gasteiger partial charge is 0.243 e. The Balaban J connectivity index is 2.05. The molecule has 0 unspecified atom stereocenters. The molecule has 1 fully saturated rings. The van der Waals surface area contributed by atoms with E-state index in [0.717, 1.165) is 18.2 Å². The minimum atomic E-state index is -4.10. The first-order valence-electron chi connectivity index (χ1n) is 9.01. The van der Waals surface area contributed by atoms with Gasteiger partial charge in [0.1, 0.15) is 23.0 Å². The number of halogens is 3. The van der Waals surface area contributed by atoms with Gasteiger partial charge in [-0.25, -0.2) is 17.2 Å². The van der Waals surface area contributed by atoms with E-state index < -0.39 is 38.2 Å². The predicted octanol–water partition coefficient (Wildman–Crippen LogP) is 3.73. The number of sulfone groups is 1. The van der Waals surface area contributed by atoms with Crippen molar-refractivity contribution in [2.24, 2.45) is 5.73 Å². The fraction of sp³-hybridized carbons (Fsp3) is 0.350. The van der Waals surface area contributed by atoms with E-state index in [4.69, 9.17) is 22.1 Å². The van der Waals surface area contributed by atoms with Gasteiger partial charge in [-0.2, -0.15) is 0 Å². The van der Waals surface area contributed by atoms with E-state index in [0.29, 0.717) is 5.02 Å². The highest BCUT2D eigenvalue weighted by molar-refractivity contribution is 7.92. The molecule has 2 aromatic rings. The Kier molecular flexibility index (Phi) is 6.26. The molecule has 1 aliphatic rings. The fourth-order valence-corrected chi connectivity index (χ4v) is 6.08. The highest BCUT2D eigenvalue weighted by atomic mass is 35.5. The van der Waals surface area contributed by atoms with Crippen LogP contribution < -0.4 is 5.73 Å². The number of rotatable bonds is 6. The number of primary amides is 1. The highest BCUT2D eigenvalue weighted by Gasteiger charge is 2.50. The molecule has 1 aliphatic carbocycles. The van der Waals surface area contributed by atoms with Crippen molar-refractivity contribution in [1.29, 1.82) is 0 Å². The quantitative estimate of drug-likeness (QED) is 0.737. The standard InChI is InChI=1S/C20H20ClF2NO4S/c21-13-1-4-16(5-2-13)29(26,27)20(17-11-14(22)3-6-18(17)23)9-7-15(8-10-20)28-12-19(24)25/h1-6,11,15H,7-10,12H2,(H2,24,25)/t15-,20+. The van der Waals surface area contributed by atoms with Crippen LogP contribution in [-0.4, -0.2) is 27.0 Å². The summed E-state index contributed by atoms with van der Waals surface area (Å²) in [6.07, 6.45) is 0.1000. The van der Waals surface area contributed by atoms with E-state index in [-0.39, 0.29) is 42.7 Å². The summed E-state index contributed by atoms with van der Waals surface area (Å²) in [6.45, 7) is -0.282. The Morgan fingerprint density at radius 1 is 1.14 bits per heavy atom. The van der Waals surface area contributed by atoms with E-state index in [1.165, 1.54) is 24.3 Å². The predicted molar refractivity (Wildman–Crippen MR) is 104 cm³/mol. The van der Waals surface area contributed by atoms with Crippen molar-refractivity contribution in [2.75, 3.05) is 6.61 Å². The Hall–Kier alpha value is -2.03. The summed E-state index contributed by atoms with van der Waals surface area (Å²) >= 11 is 5.87. The van der Waals surface area contributed by atoms with Crippen molar-refractivity contribution < 1.29 is 26.7 Å². The third-order valence-electron chi connectivity index (χ3n) is 5.26. The van der Waals surface area contributed by atoms with Crippen molar-refractivity contribution in [1.82, 2.24) is 0 Å². The topological polar surface area (TPSA) is 86.5 Å². The van der Waals surface area contributed by atoms with Crippen molar-refractivity contribution in [3.8, 4) is 0 Å². The summed E-state index contributed by atoms with van der Waals surface area (Å²) in [5, 5.41) is 0.360. The molecule has 2 N–H and O–H groups in total. The van der Waals surface area contributed by atoms with Gasteiger partial charge < -0.3 is 10.5 Å². The van der Waals surface area contributed by atoms with Crippen molar-refractivity contribution >= 4 is 27.3 Å². The van der Waals surface area contributed by atoms with Crippen LogP contribution in [0.15, 0.2) is 47.4 Å². The number of amides is 1. The minimum absolute atomic E-state index is 0.00175. The lowest BCUT2D eigenvalue weighted by molar-refractivity contribution is -0.125. The van der Waals surface area contributed by atoms with Gasteiger partial charge in [-0.05, 0) is 68.1 Å². The van der Waals surface area contributed by atoms with Crippen molar-refractivity contribution in [2.45, 2.75) is 41.4 Å². The van der Waals surface area contributed by atoms with E-state index in [1.54, 1.807) is 0 Å². The Bertz CT molecular complexity index is 1000. The van der Waals surface area contributed by atoms with Gasteiger partial charge in [0, 0.05) is 10.6 Å². The van der Waals surface area contributed by atoms with Gasteiger partial charge in [0.2, 0.25) is 5.91 Å². The summed E-state index contributed by atoms with van der Waals surface area (Å²) < 4.78 is 59.6. The number of nitrogens with two attached hydrogens (primary N) is 1. The molecule has 0 heterocycles. The SMILES string of the molecule is NC(=O)CO[C@H]1CC[C@@](c2cc(F)ccc2F)(S(=O)(=O)c2ccc(Cl)cc2)CC1. The van der Waals surface area contributed by atoms with Crippen LogP contribution in [0.1, 0.15) is 31.2 Å².